The molecule has 10 heteroatoms. The van der Waals surface area contributed by atoms with Gasteiger partial charge in [0.1, 0.15) is 0 Å². The molecule has 178 valence electrons. The predicted molar refractivity (Wildman–Crippen MR) is 115 cm³/mol. The standard InChI is InChI=1S/C23H26O10/c1-14(2)20(26)30-9-5-11-32-22(28)16-7-8-17(18(13-16)19(24)25)23(29)33-12-6-10-31-21(27)15(3)4/h7-8,13H,1,3,5-6,9-12H2,2,4H3,(H,24,25). The van der Waals surface area contributed by atoms with Crippen LogP contribution >= 0.6 is 0 Å². The van der Waals surface area contributed by atoms with Gasteiger partial charge in [0.2, 0.25) is 0 Å². The van der Waals surface area contributed by atoms with E-state index in [0.29, 0.717) is 0 Å². The Balaban J connectivity index is 2.61. The van der Waals surface area contributed by atoms with E-state index in [-0.39, 0.29) is 61.5 Å². The summed E-state index contributed by atoms with van der Waals surface area (Å²) in [5.74, 6) is -4.26. The van der Waals surface area contributed by atoms with Gasteiger partial charge in [-0.2, -0.15) is 0 Å². The molecule has 0 amide bonds. The summed E-state index contributed by atoms with van der Waals surface area (Å²) in [6.07, 6.45) is 0.446. The number of esters is 4. The first kappa shape index (κ1) is 27.1. The highest BCUT2D eigenvalue weighted by atomic mass is 16.6. The summed E-state index contributed by atoms with van der Waals surface area (Å²) in [5, 5.41) is 9.41. The van der Waals surface area contributed by atoms with Crippen molar-refractivity contribution in [3.05, 3.63) is 59.2 Å². The van der Waals surface area contributed by atoms with Crippen molar-refractivity contribution in [2.24, 2.45) is 0 Å². The molecular weight excluding hydrogens is 436 g/mol. The summed E-state index contributed by atoms with van der Waals surface area (Å²) in [5.41, 5.74) is -0.265. The van der Waals surface area contributed by atoms with Crippen LogP contribution in [0.1, 0.15) is 57.8 Å². The number of rotatable bonds is 13. The van der Waals surface area contributed by atoms with E-state index >= 15 is 0 Å². The molecule has 0 radical (unpaired) electrons. The molecule has 1 N–H and O–H groups in total. The summed E-state index contributed by atoms with van der Waals surface area (Å²) < 4.78 is 19.8. The molecule has 0 heterocycles. The predicted octanol–water partition coefficient (Wildman–Crippen LogP) is 2.72. The van der Waals surface area contributed by atoms with E-state index in [1.807, 2.05) is 0 Å². The number of carboxylic acids is 1. The maximum absolute atomic E-state index is 12.2. The highest BCUT2D eigenvalue weighted by Crippen LogP contribution is 2.15. The molecule has 1 aromatic carbocycles. The number of carboxylic acid groups (broad SMARTS) is 1. The molecule has 0 aliphatic carbocycles. The quantitative estimate of drug-likeness (QED) is 0.201. The van der Waals surface area contributed by atoms with Crippen LogP contribution in [0.4, 0.5) is 0 Å². The molecule has 0 atom stereocenters. The Bertz CT molecular complexity index is 945. The third-order valence-electron chi connectivity index (χ3n) is 3.91. The maximum atomic E-state index is 12.2. The van der Waals surface area contributed by atoms with Crippen LogP contribution in [0.2, 0.25) is 0 Å². The fraction of sp³-hybridized carbons (Fsp3) is 0.348. The number of carbonyl (C=O) groups excluding carboxylic acids is 4. The van der Waals surface area contributed by atoms with Crippen molar-refractivity contribution in [1.29, 1.82) is 0 Å². The zero-order valence-electron chi connectivity index (χ0n) is 18.5. The summed E-state index contributed by atoms with van der Waals surface area (Å²) in [4.78, 5) is 58.5. The molecule has 0 unspecified atom stereocenters. The van der Waals surface area contributed by atoms with Gasteiger partial charge in [-0.1, -0.05) is 13.2 Å². The summed E-state index contributed by atoms with van der Waals surface area (Å²) in [6, 6.07) is 3.40. The van der Waals surface area contributed by atoms with Gasteiger partial charge in [0.15, 0.2) is 0 Å². The topological polar surface area (TPSA) is 142 Å². The normalized spacial score (nSPS) is 10.0. The van der Waals surface area contributed by atoms with Gasteiger partial charge in [-0.3, -0.25) is 0 Å². The molecule has 0 saturated carbocycles. The van der Waals surface area contributed by atoms with Gasteiger partial charge in [0, 0.05) is 24.0 Å². The largest absolute Gasteiger partial charge is 0.478 e. The Morgan fingerprint density at radius 1 is 0.727 bits per heavy atom. The monoisotopic (exact) mass is 462 g/mol. The van der Waals surface area contributed by atoms with Crippen molar-refractivity contribution < 1.29 is 48.0 Å². The second kappa shape index (κ2) is 13.5. The molecule has 0 aromatic heterocycles. The van der Waals surface area contributed by atoms with Gasteiger partial charge < -0.3 is 24.1 Å². The Morgan fingerprint density at radius 3 is 1.64 bits per heavy atom. The minimum atomic E-state index is -1.43. The van der Waals surface area contributed by atoms with Gasteiger partial charge in [0.05, 0.1) is 43.1 Å². The van der Waals surface area contributed by atoms with Crippen LogP contribution in [0.15, 0.2) is 42.5 Å². The van der Waals surface area contributed by atoms with E-state index in [2.05, 4.69) is 13.2 Å². The minimum absolute atomic E-state index is 0.00192. The van der Waals surface area contributed by atoms with Crippen LogP contribution < -0.4 is 0 Å². The maximum Gasteiger partial charge on any atom is 0.339 e. The third-order valence-corrected chi connectivity index (χ3v) is 3.91. The van der Waals surface area contributed by atoms with E-state index in [1.54, 1.807) is 0 Å². The van der Waals surface area contributed by atoms with Gasteiger partial charge in [-0.05, 0) is 32.0 Å². The Morgan fingerprint density at radius 2 is 1.18 bits per heavy atom. The van der Waals surface area contributed by atoms with E-state index < -0.39 is 35.4 Å². The zero-order chi connectivity index (χ0) is 25.0. The number of hydrogen-bond donors (Lipinski definition) is 1. The molecule has 33 heavy (non-hydrogen) atoms. The van der Waals surface area contributed by atoms with Crippen LogP contribution in [0.3, 0.4) is 0 Å². The van der Waals surface area contributed by atoms with E-state index in [1.165, 1.54) is 19.9 Å². The molecule has 10 nitrogen and oxygen atoms in total. The highest BCUT2D eigenvalue weighted by molar-refractivity contribution is 6.04. The lowest BCUT2D eigenvalue weighted by atomic mass is 10.0. The molecule has 0 saturated heterocycles. The van der Waals surface area contributed by atoms with Crippen LogP contribution in [0.5, 0.6) is 0 Å². The summed E-state index contributed by atoms with van der Waals surface area (Å²) in [7, 11) is 0. The van der Waals surface area contributed by atoms with Crippen molar-refractivity contribution in [2.45, 2.75) is 26.7 Å². The summed E-state index contributed by atoms with van der Waals surface area (Å²) >= 11 is 0. The number of hydrogen-bond acceptors (Lipinski definition) is 9. The first-order valence-corrected chi connectivity index (χ1v) is 9.91. The second-order valence-corrected chi connectivity index (χ2v) is 6.88. The van der Waals surface area contributed by atoms with Gasteiger partial charge in [0.25, 0.3) is 0 Å². The number of carbonyl (C=O) groups is 5. The van der Waals surface area contributed by atoms with Crippen molar-refractivity contribution in [3.8, 4) is 0 Å². The van der Waals surface area contributed by atoms with Crippen molar-refractivity contribution in [3.63, 3.8) is 0 Å². The lowest BCUT2D eigenvalue weighted by Gasteiger charge is -2.10. The fourth-order valence-electron chi connectivity index (χ4n) is 2.21. The number of aromatic carboxylic acids is 1. The number of benzene rings is 1. The highest BCUT2D eigenvalue weighted by Gasteiger charge is 2.21. The average molecular weight is 462 g/mol. The minimum Gasteiger partial charge on any atom is -0.478 e. The lowest BCUT2D eigenvalue weighted by molar-refractivity contribution is -0.140. The van der Waals surface area contributed by atoms with Crippen LogP contribution in [-0.4, -0.2) is 61.4 Å². The first-order chi connectivity index (χ1) is 15.5. The van der Waals surface area contributed by atoms with E-state index in [0.717, 1.165) is 12.1 Å². The van der Waals surface area contributed by atoms with Gasteiger partial charge >= 0.3 is 29.8 Å². The average Bonchev–Trinajstić information content (AvgIpc) is 2.77. The second-order valence-electron chi connectivity index (χ2n) is 6.88. The molecular formula is C23H26O10. The Hall–Kier alpha value is -3.95. The molecule has 0 spiro atoms. The molecule has 1 aromatic rings. The summed E-state index contributed by atoms with van der Waals surface area (Å²) in [6.45, 7) is 9.73. The zero-order valence-corrected chi connectivity index (χ0v) is 18.5. The smallest absolute Gasteiger partial charge is 0.339 e. The van der Waals surface area contributed by atoms with Crippen LogP contribution in [0, 0.1) is 0 Å². The first-order valence-electron chi connectivity index (χ1n) is 9.91. The third kappa shape index (κ3) is 9.38. The lowest BCUT2D eigenvalue weighted by Crippen LogP contribution is -2.16. The molecule has 1 rings (SSSR count). The molecule has 0 aliphatic rings. The van der Waals surface area contributed by atoms with Crippen LogP contribution in [0.25, 0.3) is 0 Å². The Labute approximate surface area is 190 Å². The Kier molecular flexibility index (Phi) is 11.0. The molecule has 0 bridgehead atoms. The number of ether oxygens (including phenoxy) is 4. The SMILES string of the molecule is C=C(C)C(=O)OCCCOC(=O)c1ccc(C(=O)OCCCOC(=O)C(=C)C)c(C(=O)O)c1. The molecule has 0 fully saturated rings. The van der Waals surface area contributed by atoms with Crippen molar-refractivity contribution in [2.75, 3.05) is 26.4 Å². The van der Waals surface area contributed by atoms with Crippen LogP contribution in [-0.2, 0) is 28.5 Å². The van der Waals surface area contributed by atoms with E-state index in [4.69, 9.17) is 18.9 Å². The van der Waals surface area contributed by atoms with Crippen molar-refractivity contribution in [1.82, 2.24) is 0 Å². The fourth-order valence-corrected chi connectivity index (χ4v) is 2.21. The molecule has 0 aliphatic heterocycles. The van der Waals surface area contributed by atoms with Gasteiger partial charge in [-0.15, -0.1) is 0 Å². The van der Waals surface area contributed by atoms with Gasteiger partial charge in [-0.25, -0.2) is 24.0 Å². The van der Waals surface area contributed by atoms with Crippen molar-refractivity contribution >= 4 is 29.8 Å². The van der Waals surface area contributed by atoms with E-state index in [9.17, 15) is 29.1 Å².